The first-order valence-corrected chi connectivity index (χ1v) is 11.2. The molecule has 0 N–H and O–H groups in total. The van der Waals surface area contributed by atoms with Crippen molar-refractivity contribution in [3.05, 3.63) is 65.2 Å². The van der Waals surface area contributed by atoms with Crippen LogP contribution in [0.1, 0.15) is 74.6 Å². The molecule has 2 aromatic rings. The van der Waals surface area contributed by atoms with E-state index in [0.717, 1.165) is 42.5 Å². The van der Waals surface area contributed by atoms with Gasteiger partial charge in [-0.05, 0) is 48.9 Å². The van der Waals surface area contributed by atoms with Gasteiger partial charge in [0.05, 0.1) is 0 Å². The Labute approximate surface area is 179 Å². The van der Waals surface area contributed by atoms with Crippen LogP contribution >= 0.6 is 0 Å². The van der Waals surface area contributed by atoms with E-state index in [2.05, 4.69) is 26.0 Å². The summed E-state index contributed by atoms with van der Waals surface area (Å²) in [5.41, 5.74) is 4.05. The minimum atomic E-state index is -0.600. The Kier molecular flexibility index (Phi) is 5.94. The van der Waals surface area contributed by atoms with Crippen LogP contribution in [0.4, 0.5) is 5.69 Å². The predicted molar refractivity (Wildman–Crippen MR) is 121 cm³/mol. The summed E-state index contributed by atoms with van der Waals surface area (Å²) in [5.74, 6) is 0.482. The minimum Gasteiger partial charge on any atom is -0.328 e. The second-order valence-electron chi connectivity index (χ2n) is 9.08. The van der Waals surface area contributed by atoms with Gasteiger partial charge in [0, 0.05) is 11.7 Å². The third-order valence-corrected chi connectivity index (χ3v) is 6.60. The first-order chi connectivity index (χ1) is 14.5. The molecule has 4 nitrogen and oxygen atoms in total. The molecule has 0 radical (unpaired) electrons. The van der Waals surface area contributed by atoms with Gasteiger partial charge in [0.25, 0.3) is 5.91 Å². The van der Waals surface area contributed by atoms with E-state index in [1.807, 2.05) is 48.2 Å². The van der Waals surface area contributed by atoms with Crippen molar-refractivity contribution in [2.24, 2.45) is 0 Å². The monoisotopic (exact) mass is 404 g/mol. The predicted octanol–water partition coefficient (Wildman–Crippen LogP) is 5.37. The number of carbonyl (C=O) groups is 2. The quantitative estimate of drug-likeness (QED) is 0.687. The summed E-state index contributed by atoms with van der Waals surface area (Å²) in [6.45, 7) is 6.53. The van der Waals surface area contributed by atoms with Crippen molar-refractivity contribution < 1.29 is 9.59 Å². The fraction of sp³-hybridized carbons (Fsp3) is 0.462. The van der Waals surface area contributed by atoms with E-state index in [4.69, 9.17) is 0 Å². The van der Waals surface area contributed by atoms with Gasteiger partial charge in [0.1, 0.15) is 12.6 Å². The summed E-state index contributed by atoms with van der Waals surface area (Å²) in [5, 5.41) is 0. The van der Waals surface area contributed by atoms with E-state index in [1.54, 1.807) is 4.90 Å². The third-order valence-electron chi connectivity index (χ3n) is 6.60. The summed E-state index contributed by atoms with van der Waals surface area (Å²) in [4.78, 5) is 30.7. The van der Waals surface area contributed by atoms with Gasteiger partial charge in [-0.1, -0.05) is 75.1 Å². The fourth-order valence-electron chi connectivity index (χ4n) is 4.77. The zero-order valence-electron chi connectivity index (χ0n) is 18.3. The van der Waals surface area contributed by atoms with Crippen LogP contribution < -0.4 is 4.90 Å². The molecule has 1 saturated heterocycles. The SMILES string of the molecule is Cc1ccc(N2C(=O)CN(C3CCCCC3)C(=O)C2c2ccc(C(C)C)cc2)cc1. The molecule has 2 fully saturated rings. The summed E-state index contributed by atoms with van der Waals surface area (Å²) in [7, 11) is 0. The van der Waals surface area contributed by atoms with Gasteiger partial charge in [0.15, 0.2) is 0 Å². The molecule has 0 bridgehead atoms. The molecule has 1 heterocycles. The average Bonchev–Trinajstić information content (AvgIpc) is 2.76. The maximum absolute atomic E-state index is 13.8. The van der Waals surface area contributed by atoms with Crippen LogP contribution in [-0.4, -0.2) is 29.3 Å². The molecule has 0 spiro atoms. The molecule has 2 aliphatic rings. The van der Waals surface area contributed by atoms with E-state index in [1.165, 1.54) is 12.0 Å². The number of rotatable bonds is 4. The molecule has 158 valence electrons. The van der Waals surface area contributed by atoms with E-state index >= 15 is 0 Å². The van der Waals surface area contributed by atoms with Gasteiger partial charge in [-0.15, -0.1) is 0 Å². The number of benzene rings is 2. The van der Waals surface area contributed by atoms with Gasteiger partial charge >= 0.3 is 0 Å². The van der Waals surface area contributed by atoms with Crippen LogP contribution in [0.15, 0.2) is 48.5 Å². The molecule has 1 saturated carbocycles. The largest absolute Gasteiger partial charge is 0.328 e. The standard InChI is InChI=1S/C26H32N2O2/c1-18(2)20-11-13-21(14-12-20)25-26(30)27(22-7-5-4-6-8-22)17-24(29)28(25)23-15-9-19(3)10-16-23/h9-16,18,22,25H,4-8,17H2,1-3H3. The second kappa shape index (κ2) is 8.63. The van der Waals surface area contributed by atoms with Crippen molar-refractivity contribution >= 4 is 17.5 Å². The number of hydrogen-bond donors (Lipinski definition) is 0. The van der Waals surface area contributed by atoms with Gasteiger partial charge in [-0.2, -0.15) is 0 Å². The molecule has 2 amide bonds. The average molecular weight is 405 g/mol. The number of amides is 2. The summed E-state index contributed by atoms with van der Waals surface area (Å²) >= 11 is 0. The molecule has 4 heteroatoms. The molecular formula is C26H32N2O2. The number of hydrogen-bond acceptors (Lipinski definition) is 2. The Morgan fingerprint density at radius 3 is 2.10 bits per heavy atom. The van der Waals surface area contributed by atoms with E-state index in [0.29, 0.717) is 5.92 Å². The fourth-order valence-corrected chi connectivity index (χ4v) is 4.77. The first kappa shape index (κ1) is 20.6. The van der Waals surface area contributed by atoms with Crippen molar-refractivity contribution in [2.75, 3.05) is 11.4 Å². The highest BCUT2D eigenvalue weighted by atomic mass is 16.2. The number of anilines is 1. The van der Waals surface area contributed by atoms with Crippen LogP contribution in [0.3, 0.4) is 0 Å². The number of carbonyl (C=O) groups excluding carboxylic acids is 2. The van der Waals surface area contributed by atoms with Gasteiger partial charge in [0.2, 0.25) is 5.91 Å². The lowest BCUT2D eigenvalue weighted by Crippen LogP contribution is -2.58. The zero-order valence-corrected chi connectivity index (χ0v) is 18.3. The molecule has 2 aromatic carbocycles. The van der Waals surface area contributed by atoms with Gasteiger partial charge < -0.3 is 4.90 Å². The maximum atomic E-state index is 13.8. The Hall–Kier alpha value is -2.62. The highest BCUT2D eigenvalue weighted by Crippen LogP contribution is 2.36. The molecular weight excluding hydrogens is 372 g/mol. The lowest BCUT2D eigenvalue weighted by molar-refractivity contribution is -0.144. The zero-order chi connectivity index (χ0) is 21.3. The molecule has 1 aliphatic carbocycles. The highest BCUT2D eigenvalue weighted by Gasteiger charge is 2.43. The first-order valence-electron chi connectivity index (χ1n) is 11.2. The van der Waals surface area contributed by atoms with Gasteiger partial charge in [-0.3, -0.25) is 14.5 Å². The molecule has 0 aromatic heterocycles. The summed E-state index contributed by atoms with van der Waals surface area (Å²) in [6, 6.07) is 15.7. The highest BCUT2D eigenvalue weighted by molar-refractivity contribution is 6.07. The lowest BCUT2D eigenvalue weighted by atomic mass is 9.91. The van der Waals surface area contributed by atoms with E-state index in [9.17, 15) is 9.59 Å². The Morgan fingerprint density at radius 1 is 0.867 bits per heavy atom. The Morgan fingerprint density at radius 2 is 1.50 bits per heavy atom. The van der Waals surface area contributed by atoms with Crippen LogP contribution in [0, 0.1) is 6.92 Å². The van der Waals surface area contributed by atoms with Crippen LogP contribution in [-0.2, 0) is 9.59 Å². The maximum Gasteiger partial charge on any atom is 0.251 e. The smallest absolute Gasteiger partial charge is 0.251 e. The van der Waals surface area contributed by atoms with E-state index < -0.39 is 6.04 Å². The van der Waals surface area contributed by atoms with E-state index in [-0.39, 0.29) is 24.4 Å². The summed E-state index contributed by atoms with van der Waals surface area (Å²) in [6.07, 6.45) is 5.50. The van der Waals surface area contributed by atoms with Crippen molar-refractivity contribution in [3.63, 3.8) is 0 Å². The summed E-state index contributed by atoms with van der Waals surface area (Å²) < 4.78 is 0. The Bertz CT molecular complexity index is 896. The normalized spacial score (nSPS) is 20.9. The van der Waals surface area contributed by atoms with Gasteiger partial charge in [-0.25, -0.2) is 0 Å². The lowest BCUT2D eigenvalue weighted by Gasteiger charge is -2.44. The minimum absolute atomic E-state index is 0.00182. The van der Waals surface area contributed by atoms with Crippen molar-refractivity contribution in [1.29, 1.82) is 0 Å². The second-order valence-corrected chi connectivity index (χ2v) is 9.08. The molecule has 30 heavy (non-hydrogen) atoms. The number of nitrogens with zero attached hydrogens (tertiary/aromatic N) is 2. The Balaban J connectivity index is 1.73. The van der Waals surface area contributed by atoms with Crippen molar-refractivity contribution in [2.45, 2.75) is 70.9 Å². The van der Waals surface area contributed by atoms with Crippen LogP contribution in [0.5, 0.6) is 0 Å². The molecule has 1 unspecified atom stereocenters. The molecule has 1 atom stereocenters. The van der Waals surface area contributed by atoms with Crippen molar-refractivity contribution in [1.82, 2.24) is 4.90 Å². The molecule has 1 aliphatic heterocycles. The third kappa shape index (κ3) is 4.00. The van der Waals surface area contributed by atoms with Crippen molar-refractivity contribution in [3.8, 4) is 0 Å². The number of piperazine rings is 1. The van der Waals surface area contributed by atoms with Crippen LogP contribution in [0.25, 0.3) is 0 Å². The van der Waals surface area contributed by atoms with Crippen LogP contribution in [0.2, 0.25) is 0 Å². The molecule has 4 rings (SSSR count). The topological polar surface area (TPSA) is 40.6 Å². The number of aryl methyl sites for hydroxylation is 1.